The smallest absolute Gasteiger partial charge is 0.195 e. The van der Waals surface area contributed by atoms with Gasteiger partial charge in [-0.3, -0.25) is 5.10 Å². The fraction of sp³-hybridized carbons (Fsp3) is 0.750. The average molecular weight is 200 g/mol. The van der Waals surface area contributed by atoms with Gasteiger partial charge in [0, 0.05) is 12.6 Å². The Hall–Kier alpha value is -0.680. The van der Waals surface area contributed by atoms with Crippen LogP contribution in [-0.4, -0.2) is 40.3 Å². The van der Waals surface area contributed by atoms with Gasteiger partial charge in [0.2, 0.25) is 0 Å². The lowest BCUT2D eigenvalue weighted by Crippen LogP contribution is -2.23. The van der Waals surface area contributed by atoms with E-state index < -0.39 is 0 Å². The number of likely N-dealkylation sites (N-methyl/N-ethyl adjacent to an activating group) is 1. The van der Waals surface area contributed by atoms with Gasteiger partial charge in [-0.15, -0.1) is 0 Å². The first-order valence-electron chi connectivity index (χ1n) is 4.30. The number of aromatic amines is 1. The molecule has 1 heterocycles. The molecule has 1 atom stereocenters. The van der Waals surface area contributed by atoms with Crippen molar-refractivity contribution in [1.82, 2.24) is 19.7 Å². The highest BCUT2D eigenvalue weighted by Gasteiger charge is 2.09. The van der Waals surface area contributed by atoms with E-state index in [1.807, 2.05) is 11.5 Å². The molecular weight excluding hydrogens is 184 g/mol. The largest absolute Gasteiger partial charge is 0.307 e. The predicted molar refractivity (Wildman–Crippen MR) is 55.4 cm³/mol. The summed E-state index contributed by atoms with van der Waals surface area (Å²) in [6.07, 6.45) is 0. The van der Waals surface area contributed by atoms with E-state index in [4.69, 9.17) is 12.2 Å². The van der Waals surface area contributed by atoms with Crippen LogP contribution in [0.15, 0.2) is 0 Å². The van der Waals surface area contributed by atoms with Gasteiger partial charge in [0.25, 0.3) is 0 Å². The standard InChI is InChI=1S/C8H16N4S/c1-6(5-11(3)4)12-7(2)9-10-8(12)13/h6H,5H2,1-4H3,(H,10,13). The van der Waals surface area contributed by atoms with E-state index in [1.165, 1.54) is 0 Å². The molecule has 0 aliphatic carbocycles. The molecule has 1 aromatic heterocycles. The van der Waals surface area contributed by atoms with Crippen LogP contribution in [0.5, 0.6) is 0 Å². The molecule has 0 radical (unpaired) electrons. The van der Waals surface area contributed by atoms with Crippen LogP contribution >= 0.6 is 12.2 Å². The molecule has 1 rings (SSSR count). The summed E-state index contributed by atoms with van der Waals surface area (Å²) in [6, 6.07) is 0.362. The fourth-order valence-corrected chi connectivity index (χ4v) is 1.87. The van der Waals surface area contributed by atoms with Crippen molar-refractivity contribution >= 4 is 12.2 Å². The summed E-state index contributed by atoms with van der Waals surface area (Å²) in [7, 11) is 4.10. The van der Waals surface area contributed by atoms with Crippen molar-refractivity contribution in [1.29, 1.82) is 0 Å². The lowest BCUT2D eigenvalue weighted by molar-refractivity contribution is 0.332. The number of aryl methyl sites for hydroxylation is 1. The summed E-state index contributed by atoms with van der Waals surface area (Å²) in [6.45, 7) is 5.06. The van der Waals surface area contributed by atoms with Gasteiger partial charge in [0.05, 0.1) is 0 Å². The number of H-pyrrole nitrogens is 1. The van der Waals surface area contributed by atoms with Crippen molar-refractivity contribution in [3.8, 4) is 0 Å². The molecule has 5 heteroatoms. The molecule has 4 nitrogen and oxygen atoms in total. The molecule has 1 unspecified atom stereocenters. The molecule has 0 aliphatic heterocycles. The molecule has 13 heavy (non-hydrogen) atoms. The highest BCUT2D eigenvalue weighted by molar-refractivity contribution is 7.71. The number of nitrogens with zero attached hydrogens (tertiary/aromatic N) is 3. The minimum Gasteiger partial charge on any atom is -0.307 e. The normalized spacial score (nSPS) is 13.6. The van der Waals surface area contributed by atoms with Crippen molar-refractivity contribution in [3.63, 3.8) is 0 Å². The van der Waals surface area contributed by atoms with E-state index in [9.17, 15) is 0 Å². The Morgan fingerprint density at radius 2 is 2.23 bits per heavy atom. The Morgan fingerprint density at radius 1 is 1.62 bits per heavy atom. The molecule has 74 valence electrons. The summed E-state index contributed by atoms with van der Waals surface area (Å²) in [5.74, 6) is 0.944. The quantitative estimate of drug-likeness (QED) is 0.749. The molecule has 0 aliphatic rings. The molecule has 1 aromatic rings. The van der Waals surface area contributed by atoms with Crippen LogP contribution in [-0.2, 0) is 0 Å². The van der Waals surface area contributed by atoms with Crippen LogP contribution in [0.1, 0.15) is 18.8 Å². The lowest BCUT2D eigenvalue weighted by Gasteiger charge is -2.18. The second-order valence-corrected chi connectivity index (χ2v) is 3.94. The van der Waals surface area contributed by atoms with Gasteiger partial charge in [0.1, 0.15) is 5.82 Å². The fourth-order valence-electron chi connectivity index (χ4n) is 1.51. The Morgan fingerprint density at radius 3 is 2.62 bits per heavy atom. The number of aromatic nitrogens is 3. The lowest BCUT2D eigenvalue weighted by atomic mass is 10.3. The summed E-state index contributed by atoms with van der Waals surface area (Å²) < 4.78 is 2.74. The van der Waals surface area contributed by atoms with E-state index in [0.717, 1.165) is 12.4 Å². The number of hydrogen-bond acceptors (Lipinski definition) is 3. The van der Waals surface area contributed by atoms with E-state index in [2.05, 4.69) is 36.1 Å². The van der Waals surface area contributed by atoms with Crippen molar-refractivity contribution in [3.05, 3.63) is 10.6 Å². The third kappa shape index (κ3) is 2.38. The third-order valence-electron chi connectivity index (χ3n) is 1.95. The molecule has 0 spiro atoms. The van der Waals surface area contributed by atoms with Gasteiger partial charge < -0.3 is 9.47 Å². The highest BCUT2D eigenvalue weighted by Crippen LogP contribution is 2.09. The van der Waals surface area contributed by atoms with Crippen molar-refractivity contribution in [2.75, 3.05) is 20.6 Å². The third-order valence-corrected chi connectivity index (χ3v) is 2.24. The second-order valence-electron chi connectivity index (χ2n) is 3.56. The number of hydrogen-bond donors (Lipinski definition) is 1. The summed E-state index contributed by atoms with van der Waals surface area (Å²) in [4.78, 5) is 2.14. The zero-order chi connectivity index (χ0) is 10.0. The number of nitrogens with one attached hydrogen (secondary N) is 1. The van der Waals surface area contributed by atoms with Gasteiger partial charge in [-0.2, -0.15) is 5.10 Å². The Labute approximate surface area is 83.6 Å². The summed E-state index contributed by atoms with van der Waals surface area (Å²) in [5.41, 5.74) is 0. The van der Waals surface area contributed by atoms with E-state index in [1.54, 1.807) is 0 Å². The molecule has 0 fully saturated rings. The molecule has 0 aromatic carbocycles. The van der Waals surface area contributed by atoms with Crippen molar-refractivity contribution < 1.29 is 0 Å². The van der Waals surface area contributed by atoms with Crippen LogP contribution in [0.4, 0.5) is 0 Å². The average Bonchev–Trinajstić information content (AvgIpc) is 2.29. The van der Waals surface area contributed by atoms with Crippen LogP contribution in [0.3, 0.4) is 0 Å². The Kier molecular flexibility index (Phi) is 3.22. The van der Waals surface area contributed by atoms with E-state index in [0.29, 0.717) is 10.8 Å². The molecule has 0 amide bonds. The Balaban J connectivity index is 2.88. The maximum absolute atomic E-state index is 5.13. The van der Waals surface area contributed by atoms with Crippen LogP contribution in [0.25, 0.3) is 0 Å². The van der Waals surface area contributed by atoms with Crippen molar-refractivity contribution in [2.45, 2.75) is 19.9 Å². The van der Waals surface area contributed by atoms with Gasteiger partial charge >= 0.3 is 0 Å². The van der Waals surface area contributed by atoms with Crippen LogP contribution in [0.2, 0.25) is 0 Å². The molecule has 1 N–H and O–H groups in total. The minimum absolute atomic E-state index is 0.362. The van der Waals surface area contributed by atoms with Crippen LogP contribution in [0, 0.1) is 11.7 Å². The highest BCUT2D eigenvalue weighted by atomic mass is 32.1. The van der Waals surface area contributed by atoms with E-state index in [-0.39, 0.29) is 0 Å². The number of rotatable bonds is 3. The molecule has 0 saturated carbocycles. The maximum Gasteiger partial charge on any atom is 0.195 e. The van der Waals surface area contributed by atoms with E-state index >= 15 is 0 Å². The van der Waals surface area contributed by atoms with Gasteiger partial charge in [-0.25, -0.2) is 0 Å². The maximum atomic E-state index is 5.13. The zero-order valence-corrected chi connectivity index (χ0v) is 9.35. The molecule has 0 saturated heterocycles. The first kappa shape index (κ1) is 10.4. The second kappa shape index (κ2) is 4.02. The van der Waals surface area contributed by atoms with Gasteiger partial charge in [0.15, 0.2) is 4.77 Å². The van der Waals surface area contributed by atoms with Crippen LogP contribution < -0.4 is 0 Å². The minimum atomic E-state index is 0.362. The zero-order valence-electron chi connectivity index (χ0n) is 8.53. The first-order chi connectivity index (χ1) is 6.02. The summed E-state index contributed by atoms with van der Waals surface area (Å²) >= 11 is 5.13. The summed E-state index contributed by atoms with van der Waals surface area (Å²) in [5, 5.41) is 6.86. The monoisotopic (exact) mass is 200 g/mol. The Bertz CT molecular complexity index is 325. The topological polar surface area (TPSA) is 36.9 Å². The van der Waals surface area contributed by atoms with Crippen molar-refractivity contribution in [2.24, 2.45) is 0 Å². The van der Waals surface area contributed by atoms with Gasteiger partial charge in [-0.05, 0) is 40.2 Å². The van der Waals surface area contributed by atoms with Gasteiger partial charge in [-0.1, -0.05) is 0 Å². The SMILES string of the molecule is Cc1n[nH]c(=S)n1C(C)CN(C)C. The first-order valence-corrected chi connectivity index (χ1v) is 4.71. The molecule has 0 bridgehead atoms. The molecular formula is C8H16N4S. The predicted octanol–water partition coefficient (Wildman–Crippen LogP) is 1.37.